The van der Waals surface area contributed by atoms with Crippen LogP contribution >= 0.6 is 0 Å². The molecule has 104 valence electrons. The van der Waals surface area contributed by atoms with Gasteiger partial charge in [0, 0.05) is 25.8 Å². The number of rotatable bonds is 5. The molecule has 1 heterocycles. The molecule has 19 heavy (non-hydrogen) atoms. The summed E-state index contributed by atoms with van der Waals surface area (Å²) in [6.45, 7) is 7.31. The Balaban J connectivity index is 1.79. The molecule has 0 amide bonds. The molecule has 1 aliphatic heterocycles. The second-order valence-corrected chi connectivity index (χ2v) is 5.52. The highest BCUT2D eigenvalue weighted by atomic mass is 16.5. The zero-order valence-electron chi connectivity index (χ0n) is 12.1. The molecule has 1 N–H and O–H groups in total. The first kappa shape index (κ1) is 14.3. The SMILES string of the molecule is C/C(=C\c1ccccc1)CNC(C)C1CCOCC1. The van der Waals surface area contributed by atoms with Crippen molar-refractivity contribution in [1.29, 1.82) is 0 Å². The lowest BCUT2D eigenvalue weighted by atomic mass is 9.93. The number of ether oxygens (including phenoxy) is 1. The van der Waals surface area contributed by atoms with E-state index in [0.29, 0.717) is 6.04 Å². The van der Waals surface area contributed by atoms with Gasteiger partial charge in [0.2, 0.25) is 0 Å². The highest BCUT2D eigenvalue weighted by Crippen LogP contribution is 2.18. The molecule has 1 saturated heterocycles. The summed E-state index contributed by atoms with van der Waals surface area (Å²) >= 11 is 0. The molecule has 1 aromatic carbocycles. The van der Waals surface area contributed by atoms with Crippen LogP contribution in [0.1, 0.15) is 32.3 Å². The second kappa shape index (κ2) is 7.46. The molecule has 1 aliphatic rings. The van der Waals surface area contributed by atoms with Crippen LogP contribution in [0, 0.1) is 5.92 Å². The Kier molecular flexibility index (Phi) is 5.62. The van der Waals surface area contributed by atoms with Crippen molar-refractivity contribution < 1.29 is 4.74 Å². The van der Waals surface area contributed by atoms with E-state index in [1.54, 1.807) is 0 Å². The zero-order valence-corrected chi connectivity index (χ0v) is 12.1. The molecular formula is C17H25NO. The topological polar surface area (TPSA) is 21.3 Å². The van der Waals surface area contributed by atoms with Gasteiger partial charge in [-0.1, -0.05) is 42.0 Å². The Morgan fingerprint density at radius 1 is 1.32 bits per heavy atom. The summed E-state index contributed by atoms with van der Waals surface area (Å²) in [5.74, 6) is 0.762. The van der Waals surface area contributed by atoms with Crippen LogP contribution in [0.3, 0.4) is 0 Å². The van der Waals surface area contributed by atoms with Gasteiger partial charge in [0.1, 0.15) is 0 Å². The molecule has 0 saturated carbocycles. The van der Waals surface area contributed by atoms with Crippen molar-refractivity contribution in [2.75, 3.05) is 19.8 Å². The van der Waals surface area contributed by atoms with E-state index in [0.717, 1.165) is 25.7 Å². The van der Waals surface area contributed by atoms with E-state index >= 15 is 0 Å². The quantitative estimate of drug-likeness (QED) is 0.874. The van der Waals surface area contributed by atoms with Crippen LogP contribution in [0.5, 0.6) is 0 Å². The summed E-state index contributed by atoms with van der Waals surface area (Å²) in [6.07, 6.45) is 4.63. The minimum atomic E-state index is 0.572. The fourth-order valence-electron chi connectivity index (χ4n) is 2.59. The van der Waals surface area contributed by atoms with Gasteiger partial charge < -0.3 is 10.1 Å². The minimum absolute atomic E-state index is 0.572. The Bertz CT molecular complexity index is 393. The Hall–Kier alpha value is -1.12. The molecule has 0 bridgehead atoms. The largest absolute Gasteiger partial charge is 0.381 e. The van der Waals surface area contributed by atoms with Gasteiger partial charge in [-0.25, -0.2) is 0 Å². The average molecular weight is 259 g/mol. The fourth-order valence-corrected chi connectivity index (χ4v) is 2.59. The first-order valence-corrected chi connectivity index (χ1v) is 7.29. The van der Waals surface area contributed by atoms with Crippen LogP contribution in [0.2, 0.25) is 0 Å². The molecule has 1 fully saturated rings. The third kappa shape index (κ3) is 4.81. The lowest BCUT2D eigenvalue weighted by Gasteiger charge is -2.28. The van der Waals surface area contributed by atoms with Crippen LogP contribution in [0.4, 0.5) is 0 Å². The van der Waals surface area contributed by atoms with Crippen molar-refractivity contribution in [2.24, 2.45) is 5.92 Å². The lowest BCUT2D eigenvalue weighted by molar-refractivity contribution is 0.0564. The first-order valence-electron chi connectivity index (χ1n) is 7.29. The lowest BCUT2D eigenvalue weighted by Crippen LogP contribution is -2.37. The Morgan fingerprint density at radius 3 is 2.68 bits per heavy atom. The zero-order chi connectivity index (χ0) is 13.5. The summed E-state index contributed by atoms with van der Waals surface area (Å²) in [5, 5.41) is 3.65. The Morgan fingerprint density at radius 2 is 2.00 bits per heavy atom. The maximum absolute atomic E-state index is 5.42. The van der Waals surface area contributed by atoms with Crippen LogP contribution in [-0.2, 0) is 4.74 Å². The maximum Gasteiger partial charge on any atom is 0.0469 e. The van der Waals surface area contributed by atoms with Gasteiger partial charge in [0.05, 0.1) is 0 Å². The van der Waals surface area contributed by atoms with Gasteiger partial charge >= 0.3 is 0 Å². The van der Waals surface area contributed by atoms with Crippen molar-refractivity contribution in [2.45, 2.75) is 32.7 Å². The summed E-state index contributed by atoms with van der Waals surface area (Å²) in [4.78, 5) is 0. The monoisotopic (exact) mass is 259 g/mol. The summed E-state index contributed by atoms with van der Waals surface area (Å²) in [6, 6.07) is 11.1. The van der Waals surface area contributed by atoms with E-state index in [1.807, 2.05) is 0 Å². The molecule has 0 aliphatic carbocycles. The number of nitrogens with one attached hydrogen (secondary N) is 1. The van der Waals surface area contributed by atoms with Crippen molar-refractivity contribution in [3.05, 3.63) is 41.5 Å². The molecule has 1 atom stereocenters. The van der Waals surface area contributed by atoms with Crippen molar-refractivity contribution in [1.82, 2.24) is 5.32 Å². The number of hydrogen-bond donors (Lipinski definition) is 1. The third-order valence-electron chi connectivity index (χ3n) is 3.89. The molecule has 0 spiro atoms. The van der Waals surface area contributed by atoms with Gasteiger partial charge in [0.25, 0.3) is 0 Å². The van der Waals surface area contributed by atoms with E-state index in [1.165, 1.54) is 24.0 Å². The van der Waals surface area contributed by atoms with Crippen LogP contribution in [0.25, 0.3) is 6.08 Å². The van der Waals surface area contributed by atoms with Gasteiger partial charge in [-0.05, 0) is 38.2 Å². The average Bonchev–Trinajstić information content (AvgIpc) is 2.47. The van der Waals surface area contributed by atoms with E-state index in [9.17, 15) is 0 Å². The van der Waals surface area contributed by atoms with Gasteiger partial charge in [-0.3, -0.25) is 0 Å². The Labute approximate surface area is 116 Å². The molecule has 2 nitrogen and oxygen atoms in total. The van der Waals surface area contributed by atoms with Crippen molar-refractivity contribution >= 4 is 6.08 Å². The maximum atomic E-state index is 5.42. The highest BCUT2D eigenvalue weighted by Gasteiger charge is 2.19. The fraction of sp³-hybridized carbons (Fsp3) is 0.529. The minimum Gasteiger partial charge on any atom is -0.381 e. The molecule has 0 radical (unpaired) electrons. The van der Waals surface area contributed by atoms with E-state index in [-0.39, 0.29) is 0 Å². The normalized spacial score (nSPS) is 19.4. The van der Waals surface area contributed by atoms with Gasteiger partial charge in [-0.15, -0.1) is 0 Å². The smallest absolute Gasteiger partial charge is 0.0469 e. The summed E-state index contributed by atoms with van der Waals surface area (Å²) in [7, 11) is 0. The second-order valence-electron chi connectivity index (χ2n) is 5.52. The van der Waals surface area contributed by atoms with E-state index in [4.69, 9.17) is 4.74 Å². The van der Waals surface area contributed by atoms with Crippen LogP contribution in [-0.4, -0.2) is 25.8 Å². The highest BCUT2D eigenvalue weighted by molar-refractivity contribution is 5.52. The van der Waals surface area contributed by atoms with Crippen LogP contribution < -0.4 is 5.32 Å². The van der Waals surface area contributed by atoms with E-state index < -0.39 is 0 Å². The number of hydrogen-bond acceptors (Lipinski definition) is 2. The summed E-state index contributed by atoms with van der Waals surface area (Å²) < 4.78 is 5.42. The number of benzene rings is 1. The van der Waals surface area contributed by atoms with Gasteiger partial charge in [0.15, 0.2) is 0 Å². The summed E-state index contributed by atoms with van der Waals surface area (Å²) in [5.41, 5.74) is 2.66. The van der Waals surface area contributed by atoms with Crippen molar-refractivity contribution in [3.63, 3.8) is 0 Å². The molecular weight excluding hydrogens is 234 g/mol. The molecule has 1 unspecified atom stereocenters. The standard InChI is InChI=1S/C17H25NO/c1-14(12-16-6-4-3-5-7-16)13-18-15(2)17-8-10-19-11-9-17/h3-7,12,15,17-18H,8-11,13H2,1-2H3/b14-12+. The van der Waals surface area contributed by atoms with E-state index in [2.05, 4.69) is 55.6 Å². The van der Waals surface area contributed by atoms with Gasteiger partial charge in [-0.2, -0.15) is 0 Å². The first-order chi connectivity index (χ1) is 9.25. The predicted molar refractivity (Wildman–Crippen MR) is 81.1 cm³/mol. The molecule has 1 aromatic rings. The molecule has 2 heteroatoms. The van der Waals surface area contributed by atoms with Crippen molar-refractivity contribution in [3.8, 4) is 0 Å². The molecule has 2 rings (SSSR count). The predicted octanol–water partition coefficient (Wildman–Crippen LogP) is 3.49. The molecule has 0 aromatic heterocycles. The van der Waals surface area contributed by atoms with Crippen LogP contribution in [0.15, 0.2) is 35.9 Å². The third-order valence-corrected chi connectivity index (χ3v) is 3.89.